The van der Waals surface area contributed by atoms with Crippen molar-refractivity contribution in [2.75, 3.05) is 31.6 Å². The minimum absolute atomic E-state index is 0.334. The SMILES string of the molecule is CCN1CCC(N(C)c2nc3c(s2)CCCC3O)CC1. The highest BCUT2D eigenvalue weighted by Gasteiger charge is 2.27. The van der Waals surface area contributed by atoms with Gasteiger partial charge in [0.25, 0.3) is 0 Å². The van der Waals surface area contributed by atoms with Crippen LogP contribution < -0.4 is 4.90 Å². The summed E-state index contributed by atoms with van der Waals surface area (Å²) >= 11 is 1.79. The molecule has 4 nitrogen and oxygen atoms in total. The number of aliphatic hydroxyl groups is 1. The third-order valence-electron chi connectivity index (χ3n) is 4.77. The van der Waals surface area contributed by atoms with Gasteiger partial charge in [0.2, 0.25) is 0 Å². The van der Waals surface area contributed by atoms with E-state index in [2.05, 4.69) is 23.8 Å². The van der Waals surface area contributed by atoms with Gasteiger partial charge < -0.3 is 14.9 Å². The Bertz CT molecular complexity index is 454. The standard InChI is InChI=1S/C15H25N3OS/c1-3-18-9-7-11(8-10-18)17(2)15-16-14-12(19)5-4-6-13(14)20-15/h11-12,19H,3-10H2,1-2H3. The molecular weight excluding hydrogens is 270 g/mol. The Balaban J connectivity index is 1.70. The molecule has 1 aliphatic carbocycles. The fourth-order valence-corrected chi connectivity index (χ4v) is 4.50. The van der Waals surface area contributed by atoms with Crippen LogP contribution >= 0.6 is 11.3 Å². The number of rotatable bonds is 3. The van der Waals surface area contributed by atoms with Gasteiger partial charge in [-0.25, -0.2) is 4.98 Å². The summed E-state index contributed by atoms with van der Waals surface area (Å²) in [7, 11) is 2.17. The third-order valence-corrected chi connectivity index (χ3v) is 5.99. The number of nitrogens with zero attached hydrogens (tertiary/aromatic N) is 3. The van der Waals surface area contributed by atoms with E-state index >= 15 is 0 Å². The molecule has 1 aliphatic heterocycles. The van der Waals surface area contributed by atoms with Crippen molar-refractivity contribution in [3.63, 3.8) is 0 Å². The summed E-state index contributed by atoms with van der Waals surface area (Å²) in [6.07, 6.45) is 5.16. The van der Waals surface area contributed by atoms with Crippen LogP contribution in [0.2, 0.25) is 0 Å². The molecule has 0 aromatic carbocycles. The van der Waals surface area contributed by atoms with Gasteiger partial charge >= 0.3 is 0 Å². The number of aromatic nitrogens is 1. The van der Waals surface area contributed by atoms with Gasteiger partial charge in [-0.1, -0.05) is 6.92 Å². The van der Waals surface area contributed by atoms with Crippen LogP contribution in [0, 0.1) is 0 Å². The maximum Gasteiger partial charge on any atom is 0.185 e. The predicted molar refractivity (Wildman–Crippen MR) is 83.6 cm³/mol. The van der Waals surface area contributed by atoms with Gasteiger partial charge in [-0.15, -0.1) is 11.3 Å². The number of hydrogen-bond donors (Lipinski definition) is 1. The Labute approximate surface area is 125 Å². The predicted octanol–water partition coefficient (Wildman–Crippen LogP) is 2.43. The molecule has 1 N–H and O–H groups in total. The lowest BCUT2D eigenvalue weighted by Crippen LogP contribution is -2.43. The first-order valence-corrected chi connectivity index (χ1v) is 8.63. The molecule has 2 aliphatic rings. The van der Waals surface area contributed by atoms with Crippen molar-refractivity contribution in [3.8, 4) is 0 Å². The number of anilines is 1. The van der Waals surface area contributed by atoms with Crippen LogP contribution in [-0.4, -0.2) is 47.7 Å². The molecule has 20 heavy (non-hydrogen) atoms. The summed E-state index contributed by atoms with van der Waals surface area (Å²) in [5.74, 6) is 0. The Morgan fingerprint density at radius 1 is 1.35 bits per heavy atom. The van der Waals surface area contributed by atoms with Crippen LogP contribution in [0.15, 0.2) is 0 Å². The fourth-order valence-electron chi connectivity index (χ4n) is 3.31. The fraction of sp³-hybridized carbons (Fsp3) is 0.800. The first-order valence-electron chi connectivity index (χ1n) is 7.82. The number of thiazole rings is 1. The molecular formula is C15H25N3OS. The Morgan fingerprint density at radius 2 is 2.10 bits per heavy atom. The number of fused-ring (bicyclic) bond motifs is 1. The number of hydrogen-bond acceptors (Lipinski definition) is 5. The Kier molecular flexibility index (Phi) is 4.29. The molecule has 0 bridgehead atoms. The zero-order valence-electron chi connectivity index (χ0n) is 12.5. The van der Waals surface area contributed by atoms with Gasteiger partial charge in [0, 0.05) is 31.1 Å². The second kappa shape index (κ2) is 6.00. The van der Waals surface area contributed by atoms with Crippen molar-refractivity contribution >= 4 is 16.5 Å². The van der Waals surface area contributed by atoms with E-state index in [1.54, 1.807) is 11.3 Å². The summed E-state index contributed by atoms with van der Waals surface area (Å²) in [6.45, 7) is 5.78. The summed E-state index contributed by atoms with van der Waals surface area (Å²) < 4.78 is 0. The van der Waals surface area contributed by atoms with Crippen molar-refractivity contribution < 1.29 is 5.11 Å². The first-order chi connectivity index (χ1) is 9.69. The number of likely N-dealkylation sites (tertiary alicyclic amines) is 1. The van der Waals surface area contributed by atoms with Gasteiger partial charge in [0.05, 0.1) is 11.8 Å². The molecule has 1 fully saturated rings. The van der Waals surface area contributed by atoms with Crippen molar-refractivity contribution in [2.45, 2.75) is 51.2 Å². The average Bonchev–Trinajstić information content (AvgIpc) is 2.92. The quantitative estimate of drug-likeness (QED) is 0.930. The van der Waals surface area contributed by atoms with Crippen molar-refractivity contribution in [2.24, 2.45) is 0 Å². The second-order valence-electron chi connectivity index (χ2n) is 5.99. The summed E-state index contributed by atoms with van der Waals surface area (Å²) in [6, 6.07) is 0.600. The van der Waals surface area contributed by atoms with E-state index in [0.29, 0.717) is 6.04 Å². The van der Waals surface area contributed by atoms with Crippen LogP contribution in [0.4, 0.5) is 5.13 Å². The van der Waals surface area contributed by atoms with Gasteiger partial charge in [0.15, 0.2) is 5.13 Å². The molecule has 1 aromatic rings. The zero-order valence-corrected chi connectivity index (χ0v) is 13.3. The lowest BCUT2D eigenvalue weighted by molar-refractivity contribution is 0.153. The van der Waals surface area contributed by atoms with Crippen molar-refractivity contribution in [1.82, 2.24) is 9.88 Å². The minimum atomic E-state index is -0.334. The lowest BCUT2D eigenvalue weighted by atomic mass is 10.0. The van der Waals surface area contributed by atoms with Crippen LogP contribution in [-0.2, 0) is 6.42 Å². The topological polar surface area (TPSA) is 39.6 Å². The van der Waals surface area contributed by atoms with Gasteiger partial charge in [0.1, 0.15) is 0 Å². The van der Waals surface area contributed by atoms with Crippen molar-refractivity contribution in [3.05, 3.63) is 10.6 Å². The highest BCUT2D eigenvalue weighted by molar-refractivity contribution is 7.15. The van der Waals surface area contributed by atoms with Crippen molar-refractivity contribution in [1.29, 1.82) is 0 Å². The van der Waals surface area contributed by atoms with E-state index < -0.39 is 0 Å². The molecule has 1 atom stereocenters. The van der Waals surface area contributed by atoms with Crippen LogP contribution in [0.25, 0.3) is 0 Å². The van der Waals surface area contributed by atoms with E-state index in [9.17, 15) is 5.11 Å². The third kappa shape index (κ3) is 2.71. The molecule has 112 valence electrons. The Hall–Kier alpha value is -0.650. The number of piperidine rings is 1. The molecule has 1 saturated heterocycles. The van der Waals surface area contributed by atoms with Gasteiger partial charge in [-0.2, -0.15) is 0 Å². The van der Waals surface area contributed by atoms with Crippen LogP contribution in [0.3, 0.4) is 0 Å². The highest BCUT2D eigenvalue weighted by Crippen LogP contribution is 2.37. The van der Waals surface area contributed by atoms with Crippen LogP contribution in [0.5, 0.6) is 0 Å². The molecule has 0 spiro atoms. The summed E-state index contributed by atoms with van der Waals surface area (Å²) in [5.41, 5.74) is 0.953. The largest absolute Gasteiger partial charge is 0.387 e. The summed E-state index contributed by atoms with van der Waals surface area (Å²) in [4.78, 5) is 10.9. The van der Waals surface area contributed by atoms with E-state index in [1.165, 1.54) is 30.8 Å². The highest BCUT2D eigenvalue weighted by atomic mass is 32.1. The smallest absolute Gasteiger partial charge is 0.185 e. The molecule has 0 radical (unpaired) electrons. The molecule has 0 saturated carbocycles. The summed E-state index contributed by atoms with van der Waals surface area (Å²) in [5, 5.41) is 11.2. The van der Waals surface area contributed by atoms with E-state index in [-0.39, 0.29) is 6.10 Å². The molecule has 1 unspecified atom stereocenters. The van der Waals surface area contributed by atoms with E-state index in [1.807, 2.05) is 0 Å². The average molecular weight is 295 g/mol. The molecule has 2 heterocycles. The maximum atomic E-state index is 10.1. The number of aryl methyl sites for hydroxylation is 1. The first kappa shape index (κ1) is 14.3. The molecule has 1 aromatic heterocycles. The van der Waals surface area contributed by atoms with Crippen LogP contribution in [0.1, 0.15) is 49.3 Å². The lowest BCUT2D eigenvalue weighted by Gasteiger charge is -2.36. The van der Waals surface area contributed by atoms with E-state index in [4.69, 9.17) is 4.98 Å². The van der Waals surface area contributed by atoms with Gasteiger partial charge in [-0.05, 0) is 38.6 Å². The zero-order chi connectivity index (χ0) is 14.1. The normalized spacial score (nSPS) is 24.6. The molecule has 5 heteroatoms. The second-order valence-corrected chi connectivity index (χ2v) is 7.05. The molecule has 3 rings (SSSR count). The number of aliphatic hydroxyl groups excluding tert-OH is 1. The Morgan fingerprint density at radius 3 is 2.75 bits per heavy atom. The monoisotopic (exact) mass is 295 g/mol. The molecule has 0 amide bonds. The minimum Gasteiger partial charge on any atom is -0.387 e. The maximum absolute atomic E-state index is 10.1. The van der Waals surface area contributed by atoms with Gasteiger partial charge in [-0.3, -0.25) is 0 Å². The van der Waals surface area contributed by atoms with E-state index in [0.717, 1.165) is 36.6 Å².